The van der Waals surface area contributed by atoms with Crippen LogP contribution in [0.15, 0.2) is 6.20 Å². The molecular weight excluding hydrogens is 186 g/mol. The highest BCUT2D eigenvalue weighted by Gasteiger charge is 2.02. The first kappa shape index (κ1) is 12.2. The van der Waals surface area contributed by atoms with Gasteiger partial charge in [-0.2, -0.15) is 0 Å². The molecule has 0 unspecified atom stereocenters. The summed E-state index contributed by atoms with van der Waals surface area (Å²) in [6.45, 7) is 7.67. The fourth-order valence-corrected chi connectivity index (χ4v) is 1.66. The van der Waals surface area contributed by atoms with E-state index in [-0.39, 0.29) is 0 Å². The molecule has 0 aromatic carbocycles. The molecule has 0 atom stereocenters. The molecule has 0 spiro atoms. The second kappa shape index (κ2) is 6.59. The van der Waals surface area contributed by atoms with E-state index < -0.39 is 0 Å². The van der Waals surface area contributed by atoms with Crippen molar-refractivity contribution in [3.63, 3.8) is 0 Å². The van der Waals surface area contributed by atoms with Crippen LogP contribution in [-0.4, -0.2) is 15.0 Å². The Labute approximate surface area is 92.9 Å². The third-order valence-corrected chi connectivity index (χ3v) is 2.44. The molecule has 3 heteroatoms. The summed E-state index contributed by atoms with van der Waals surface area (Å²) in [5, 5.41) is 8.30. The van der Waals surface area contributed by atoms with Gasteiger partial charge < -0.3 is 0 Å². The van der Waals surface area contributed by atoms with Crippen LogP contribution >= 0.6 is 0 Å². The summed E-state index contributed by atoms with van der Waals surface area (Å²) >= 11 is 0. The van der Waals surface area contributed by atoms with Gasteiger partial charge >= 0.3 is 0 Å². The highest BCUT2D eigenvalue weighted by molar-refractivity contribution is 4.92. The Morgan fingerprint density at radius 3 is 2.73 bits per heavy atom. The Morgan fingerprint density at radius 1 is 1.27 bits per heavy atom. The van der Waals surface area contributed by atoms with Gasteiger partial charge in [0, 0.05) is 12.7 Å². The highest BCUT2D eigenvalue weighted by Crippen LogP contribution is 2.05. The van der Waals surface area contributed by atoms with Gasteiger partial charge in [0.1, 0.15) is 0 Å². The average molecular weight is 209 g/mol. The van der Waals surface area contributed by atoms with E-state index in [0.29, 0.717) is 5.92 Å². The minimum absolute atomic E-state index is 0.662. The van der Waals surface area contributed by atoms with Gasteiger partial charge in [0.15, 0.2) is 0 Å². The van der Waals surface area contributed by atoms with E-state index in [0.717, 1.165) is 18.7 Å². The molecule has 0 amide bonds. The quantitative estimate of drug-likeness (QED) is 0.646. The maximum atomic E-state index is 4.17. The van der Waals surface area contributed by atoms with Gasteiger partial charge in [0.2, 0.25) is 0 Å². The van der Waals surface area contributed by atoms with Crippen molar-refractivity contribution in [2.24, 2.45) is 5.92 Å². The van der Waals surface area contributed by atoms with Crippen molar-refractivity contribution in [3.8, 4) is 0 Å². The normalized spacial score (nSPS) is 11.2. The smallest absolute Gasteiger partial charge is 0.0829 e. The fraction of sp³-hybridized carbons (Fsp3) is 0.833. The average Bonchev–Trinajstić information content (AvgIpc) is 2.59. The molecule has 3 nitrogen and oxygen atoms in total. The number of rotatable bonds is 7. The van der Waals surface area contributed by atoms with E-state index in [1.54, 1.807) is 0 Å². The maximum Gasteiger partial charge on any atom is 0.0829 e. The van der Waals surface area contributed by atoms with Crippen molar-refractivity contribution in [2.45, 2.75) is 59.4 Å². The number of unbranched alkanes of at least 4 members (excludes halogenated alkanes) is 3. The molecule has 1 aromatic heterocycles. The lowest BCUT2D eigenvalue weighted by Gasteiger charge is -1.99. The van der Waals surface area contributed by atoms with Gasteiger partial charge in [0.25, 0.3) is 0 Å². The molecule has 0 saturated heterocycles. The minimum atomic E-state index is 0.662. The van der Waals surface area contributed by atoms with Crippen molar-refractivity contribution in [1.82, 2.24) is 15.0 Å². The molecular formula is C12H23N3. The number of hydrogen-bond donors (Lipinski definition) is 0. The van der Waals surface area contributed by atoms with E-state index in [1.165, 1.54) is 25.7 Å². The van der Waals surface area contributed by atoms with Crippen LogP contribution in [0.5, 0.6) is 0 Å². The predicted molar refractivity (Wildman–Crippen MR) is 62.7 cm³/mol. The Morgan fingerprint density at radius 2 is 2.07 bits per heavy atom. The minimum Gasteiger partial charge on any atom is -0.252 e. The van der Waals surface area contributed by atoms with Crippen molar-refractivity contribution >= 4 is 0 Å². The molecule has 0 N–H and O–H groups in total. The van der Waals surface area contributed by atoms with Crippen LogP contribution < -0.4 is 0 Å². The monoisotopic (exact) mass is 209 g/mol. The molecule has 1 rings (SSSR count). The third kappa shape index (κ3) is 4.96. The molecule has 0 fully saturated rings. The lowest BCUT2D eigenvalue weighted by molar-refractivity contribution is 0.527. The van der Waals surface area contributed by atoms with Crippen LogP contribution in [0.3, 0.4) is 0 Å². The molecule has 1 heterocycles. The van der Waals surface area contributed by atoms with Gasteiger partial charge in [-0.15, -0.1) is 5.10 Å². The molecule has 0 bridgehead atoms. The van der Waals surface area contributed by atoms with Crippen LogP contribution in [0.1, 0.15) is 52.1 Å². The van der Waals surface area contributed by atoms with Crippen molar-refractivity contribution < 1.29 is 0 Å². The van der Waals surface area contributed by atoms with E-state index in [9.17, 15) is 0 Å². The van der Waals surface area contributed by atoms with Gasteiger partial charge in [-0.05, 0) is 18.8 Å². The SMILES string of the molecule is CCCCCCn1cc(CC(C)C)nn1. The van der Waals surface area contributed by atoms with Gasteiger partial charge in [0.05, 0.1) is 5.69 Å². The highest BCUT2D eigenvalue weighted by atomic mass is 15.4. The largest absolute Gasteiger partial charge is 0.252 e. The van der Waals surface area contributed by atoms with Crippen LogP contribution in [-0.2, 0) is 13.0 Å². The first-order valence-electron chi connectivity index (χ1n) is 6.11. The second-order valence-electron chi connectivity index (χ2n) is 4.63. The lowest BCUT2D eigenvalue weighted by atomic mass is 10.1. The molecule has 15 heavy (non-hydrogen) atoms. The number of aromatic nitrogens is 3. The van der Waals surface area contributed by atoms with Crippen molar-refractivity contribution in [3.05, 3.63) is 11.9 Å². The zero-order valence-electron chi connectivity index (χ0n) is 10.2. The van der Waals surface area contributed by atoms with Crippen molar-refractivity contribution in [1.29, 1.82) is 0 Å². The van der Waals surface area contributed by atoms with Gasteiger partial charge in [-0.1, -0.05) is 45.2 Å². The Hall–Kier alpha value is -0.860. The summed E-state index contributed by atoms with van der Waals surface area (Å²) in [6, 6.07) is 0. The van der Waals surface area contributed by atoms with Crippen molar-refractivity contribution in [2.75, 3.05) is 0 Å². The molecule has 0 aliphatic heterocycles. The van der Waals surface area contributed by atoms with Crippen LogP contribution in [0.2, 0.25) is 0 Å². The number of hydrogen-bond acceptors (Lipinski definition) is 2. The summed E-state index contributed by atoms with van der Waals surface area (Å²) in [5.41, 5.74) is 1.13. The predicted octanol–water partition coefficient (Wildman–Crippen LogP) is 3.06. The zero-order valence-corrected chi connectivity index (χ0v) is 10.2. The lowest BCUT2D eigenvalue weighted by Crippen LogP contribution is -1.98. The molecule has 0 aliphatic carbocycles. The third-order valence-electron chi connectivity index (χ3n) is 2.44. The number of nitrogens with zero attached hydrogens (tertiary/aromatic N) is 3. The summed E-state index contributed by atoms with van der Waals surface area (Å²) in [7, 11) is 0. The standard InChI is InChI=1S/C12H23N3/c1-4-5-6-7-8-15-10-12(13-14-15)9-11(2)3/h10-11H,4-9H2,1-3H3. The van der Waals surface area contributed by atoms with Gasteiger partial charge in [-0.25, -0.2) is 0 Å². The Kier molecular flexibility index (Phi) is 5.37. The van der Waals surface area contributed by atoms with E-state index >= 15 is 0 Å². The zero-order chi connectivity index (χ0) is 11.1. The van der Waals surface area contributed by atoms with E-state index in [2.05, 4.69) is 37.3 Å². The van der Waals surface area contributed by atoms with Crippen LogP contribution in [0, 0.1) is 5.92 Å². The first-order valence-corrected chi connectivity index (χ1v) is 6.11. The van der Waals surface area contributed by atoms with Crippen LogP contribution in [0.25, 0.3) is 0 Å². The van der Waals surface area contributed by atoms with Crippen LogP contribution in [0.4, 0.5) is 0 Å². The Balaban J connectivity index is 2.26. The molecule has 86 valence electrons. The topological polar surface area (TPSA) is 30.7 Å². The maximum absolute atomic E-state index is 4.17. The second-order valence-corrected chi connectivity index (χ2v) is 4.63. The molecule has 0 aliphatic rings. The summed E-state index contributed by atoms with van der Waals surface area (Å²) in [4.78, 5) is 0. The molecule has 1 aromatic rings. The van der Waals surface area contributed by atoms with E-state index in [1.807, 2.05) is 4.68 Å². The summed E-state index contributed by atoms with van der Waals surface area (Å²) < 4.78 is 1.98. The molecule has 0 saturated carbocycles. The first-order chi connectivity index (χ1) is 7.22. The fourth-order valence-electron chi connectivity index (χ4n) is 1.66. The molecule has 0 radical (unpaired) electrons. The summed E-state index contributed by atoms with van der Waals surface area (Å²) in [5.74, 6) is 0.662. The summed E-state index contributed by atoms with van der Waals surface area (Å²) in [6.07, 6.45) is 8.26. The Bertz CT molecular complexity index is 266. The number of aryl methyl sites for hydroxylation is 1. The van der Waals surface area contributed by atoms with E-state index in [4.69, 9.17) is 0 Å². The van der Waals surface area contributed by atoms with Gasteiger partial charge in [-0.3, -0.25) is 4.68 Å².